The van der Waals surface area contributed by atoms with Crippen molar-refractivity contribution in [3.63, 3.8) is 0 Å². The van der Waals surface area contributed by atoms with Gasteiger partial charge in [-0.25, -0.2) is 0 Å². The molecule has 70 valence electrons. The molecular weight excluding hydrogens is 150 g/mol. The van der Waals surface area contributed by atoms with Crippen LogP contribution in [0.3, 0.4) is 0 Å². The van der Waals surface area contributed by atoms with Gasteiger partial charge in [0.15, 0.2) is 0 Å². The van der Waals surface area contributed by atoms with Crippen molar-refractivity contribution in [2.45, 2.75) is 44.2 Å². The molecule has 0 radical (unpaired) electrons. The van der Waals surface area contributed by atoms with Gasteiger partial charge in [0.05, 0.1) is 12.7 Å². The third-order valence-corrected chi connectivity index (χ3v) is 3.26. The second-order valence-electron chi connectivity index (χ2n) is 4.10. The number of fused-ring (bicyclic) bond motifs is 1. The van der Waals surface area contributed by atoms with Crippen LogP contribution in [0.25, 0.3) is 0 Å². The summed E-state index contributed by atoms with van der Waals surface area (Å²) in [5.74, 6) is 0. The standard InChI is InChI=1S/C10H19NO/c1-11-7-8-12-10-6-4-2-3-5-9(10)11/h9-10H,2-8H2,1H3. The van der Waals surface area contributed by atoms with E-state index in [2.05, 4.69) is 11.9 Å². The Morgan fingerprint density at radius 2 is 2.00 bits per heavy atom. The molecule has 1 saturated carbocycles. The van der Waals surface area contributed by atoms with Gasteiger partial charge in [0.2, 0.25) is 0 Å². The Balaban J connectivity index is 2.00. The predicted octanol–water partition coefficient (Wildman–Crippen LogP) is 1.65. The molecule has 2 nitrogen and oxygen atoms in total. The van der Waals surface area contributed by atoms with Crippen LogP contribution in [0.5, 0.6) is 0 Å². The maximum Gasteiger partial charge on any atom is 0.0730 e. The topological polar surface area (TPSA) is 12.5 Å². The molecule has 1 aliphatic heterocycles. The number of rotatable bonds is 0. The summed E-state index contributed by atoms with van der Waals surface area (Å²) in [6, 6.07) is 0.723. The third-order valence-electron chi connectivity index (χ3n) is 3.26. The smallest absolute Gasteiger partial charge is 0.0730 e. The molecule has 1 aliphatic carbocycles. The number of morpholine rings is 1. The van der Waals surface area contributed by atoms with E-state index in [-0.39, 0.29) is 0 Å². The van der Waals surface area contributed by atoms with Crippen LogP contribution in [0.15, 0.2) is 0 Å². The highest BCUT2D eigenvalue weighted by molar-refractivity contribution is 4.84. The van der Waals surface area contributed by atoms with Crippen molar-refractivity contribution in [2.24, 2.45) is 0 Å². The number of likely N-dealkylation sites (N-methyl/N-ethyl adjacent to an activating group) is 1. The van der Waals surface area contributed by atoms with Crippen LogP contribution < -0.4 is 0 Å². The van der Waals surface area contributed by atoms with Gasteiger partial charge in [0.1, 0.15) is 0 Å². The average molecular weight is 169 g/mol. The zero-order chi connectivity index (χ0) is 8.39. The highest BCUT2D eigenvalue weighted by atomic mass is 16.5. The van der Waals surface area contributed by atoms with Crippen LogP contribution in [-0.2, 0) is 4.74 Å². The summed E-state index contributed by atoms with van der Waals surface area (Å²) in [6.07, 6.45) is 7.36. The van der Waals surface area contributed by atoms with Gasteiger partial charge < -0.3 is 4.74 Å². The largest absolute Gasteiger partial charge is 0.375 e. The molecule has 0 amide bonds. The molecule has 0 spiro atoms. The molecule has 0 aromatic carbocycles. The van der Waals surface area contributed by atoms with Gasteiger partial charge in [-0.2, -0.15) is 0 Å². The van der Waals surface area contributed by atoms with E-state index in [0.29, 0.717) is 6.10 Å². The number of hydrogen-bond acceptors (Lipinski definition) is 2. The lowest BCUT2D eigenvalue weighted by Crippen LogP contribution is -2.48. The molecule has 0 N–H and O–H groups in total. The van der Waals surface area contributed by atoms with Gasteiger partial charge in [0.25, 0.3) is 0 Å². The first kappa shape index (κ1) is 8.52. The summed E-state index contributed by atoms with van der Waals surface area (Å²) in [7, 11) is 2.24. The Kier molecular flexibility index (Phi) is 2.66. The van der Waals surface area contributed by atoms with Gasteiger partial charge in [0, 0.05) is 12.6 Å². The molecule has 1 saturated heterocycles. The van der Waals surface area contributed by atoms with Gasteiger partial charge >= 0.3 is 0 Å². The molecule has 12 heavy (non-hydrogen) atoms. The molecule has 2 rings (SSSR count). The van der Waals surface area contributed by atoms with Crippen molar-refractivity contribution < 1.29 is 4.74 Å². The first-order valence-electron chi connectivity index (χ1n) is 5.20. The number of nitrogens with zero attached hydrogens (tertiary/aromatic N) is 1. The summed E-state index contributed by atoms with van der Waals surface area (Å²) < 4.78 is 5.79. The van der Waals surface area contributed by atoms with E-state index in [4.69, 9.17) is 4.74 Å². The quantitative estimate of drug-likeness (QED) is 0.546. The van der Waals surface area contributed by atoms with E-state index >= 15 is 0 Å². The Morgan fingerprint density at radius 1 is 1.17 bits per heavy atom. The fourth-order valence-corrected chi connectivity index (χ4v) is 2.47. The second kappa shape index (κ2) is 3.75. The molecule has 0 aromatic heterocycles. The minimum atomic E-state index is 0.547. The first-order chi connectivity index (χ1) is 5.88. The Labute approximate surface area is 74.9 Å². The van der Waals surface area contributed by atoms with Crippen molar-refractivity contribution >= 4 is 0 Å². The van der Waals surface area contributed by atoms with Gasteiger partial charge in [-0.15, -0.1) is 0 Å². The minimum Gasteiger partial charge on any atom is -0.375 e. The summed E-state index contributed by atoms with van der Waals surface area (Å²) in [5, 5.41) is 0. The van der Waals surface area contributed by atoms with E-state index in [1.165, 1.54) is 32.1 Å². The van der Waals surface area contributed by atoms with Crippen molar-refractivity contribution in [2.75, 3.05) is 20.2 Å². The molecule has 0 aromatic rings. The fraction of sp³-hybridized carbons (Fsp3) is 1.00. The summed E-state index contributed by atoms with van der Waals surface area (Å²) in [6.45, 7) is 2.07. The maximum absolute atomic E-state index is 5.79. The summed E-state index contributed by atoms with van der Waals surface area (Å²) >= 11 is 0. The van der Waals surface area contributed by atoms with Crippen molar-refractivity contribution in [3.05, 3.63) is 0 Å². The highest BCUT2D eigenvalue weighted by Gasteiger charge is 2.30. The van der Waals surface area contributed by atoms with Crippen LogP contribution in [0.2, 0.25) is 0 Å². The summed E-state index contributed by atoms with van der Waals surface area (Å²) in [5.41, 5.74) is 0. The van der Waals surface area contributed by atoms with Gasteiger partial charge in [-0.3, -0.25) is 4.90 Å². The molecule has 2 aliphatic rings. The van der Waals surface area contributed by atoms with E-state index in [1.54, 1.807) is 0 Å². The van der Waals surface area contributed by atoms with Gasteiger partial charge in [-0.05, 0) is 19.9 Å². The molecule has 1 heterocycles. The van der Waals surface area contributed by atoms with Gasteiger partial charge in [-0.1, -0.05) is 19.3 Å². The van der Waals surface area contributed by atoms with Crippen LogP contribution in [0.4, 0.5) is 0 Å². The molecule has 2 unspecified atom stereocenters. The third kappa shape index (κ3) is 1.64. The van der Waals surface area contributed by atoms with E-state index in [1.807, 2.05) is 0 Å². The van der Waals surface area contributed by atoms with E-state index in [9.17, 15) is 0 Å². The first-order valence-corrected chi connectivity index (χ1v) is 5.20. The molecule has 0 bridgehead atoms. The summed E-state index contributed by atoms with van der Waals surface area (Å²) in [4.78, 5) is 2.49. The van der Waals surface area contributed by atoms with E-state index in [0.717, 1.165) is 19.2 Å². The predicted molar refractivity (Wildman–Crippen MR) is 49.2 cm³/mol. The molecule has 2 atom stereocenters. The Hall–Kier alpha value is -0.0800. The molecule has 2 heteroatoms. The Bertz CT molecular complexity index is 149. The van der Waals surface area contributed by atoms with Crippen molar-refractivity contribution in [1.29, 1.82) is 0 Å². The molecule has 2 fully saturated rings. The lowest BCUT2D eigenvalue weighted by molar-refractivity contribution is -0.0635. The SMILES string of the molecule is CN1CCOC2CCCCCC21. The maximum atomic E-state index is 5.79. The number of hydrogen-bond donors (Lipinski definition) is 0. The lowest BCUT2D eigenvalue weighted by Gasteiger charge is -2.38. The molecular formula is C10H19NO. The van der Waals surface area contributed by atoms with Crippen molar-refractivity contribution in [1.82, 2.24) is 4.90 Å². The van der Waals surface area contributed by atoms with Crippen LogP contribution in [0.1, 0.15) is 32.1 Å². The normalized spacial score (nSPS) is 38.8. The highest BCUT2D eigenvalue weighted by Crippen LogP contribution is 2.26. The lowest BCUT2D eigenvalue weighted by atomic mass is 10.0. The minimum absolute atomic E-state index is 0.547. The van der Waals surface area contributed by atoms with Crippen molar-refractivity contribution in [3.8, 4) is 0 Å². The van der Waals surface area contributed by atoms with Crippen LogP contribution >= 0.6 is 0 Å². The average Bonchev–Trinajstić information content (AvgIpc) is 2.30. The van der Waals surface area contributed by atoms with Crippen LogP contribution in [-0.4, -0.2) is 37.2 Å². The fourth-order valence-electron chi connectivity index (χ4n) is 2.47. The zero-order valence-electron chi connectivity index (χ0n) is 7.96. The Morgan fingerprint density at radius 3 is 2.92 bits per heavy atom. The number of ether oxygens (including phenoxy) is 1. The zero-order valence-corrected chi connectivity index (χ0v) is 7.96. The monoisotopic (exact) mass is 169 g/mol. The van der Waals surface area contributed by atoms with E-state index < -0.39 is 0 Å². The second-order valence-corrected chi connectivity index (χ2v) is 4.10. The van der Waals surface area contributed by atoms with Crippen LogP contribution in [0, 0.1) is 0 Å².